The van der Waals surface area contributed by atoms with E-state index in [1.807, 2.05) is 34.1 Å². The maximum Gasteiger partial charge on any atom is 0.472 e. The normalized spacial score (nSPS) is 14.4. The molecule has 0 aromatic heterocycles. The molecule has 0 spiro atoms. The van der Waals surface area contributed by atoms with Gasteiger partial charge in [-0.1, -0.05) is 230 Å². The van der Waals surface area contributed by atoms with Gasteiger partial charge in [-0.25, -0.2) is 4.57 Å². The average Bonchev–Trinajstić information content (AvgIpc) is 3.21. The second-order valence-corrected chi connectivity index (χ2v) is 20.4. The topological polar surface area (TPSA) is 105 Å². The Morgan fingerprint density at radius 1 is 0.574 bits per heavy atom. The molecule has 3 N–H and O–H groups in total. The van der Waals surface area contributed by atoms with Gasteiger partial charge in [0.05, 0.1) is 39.9 Å². The first-order valence-corrected chi connectivity index (χ1v) is 27.3. The monoisotopic (exact) mass is 882 g/mol. The van der Waals surface area contributed by atoms with E-state index in [1.165, 1.54) is 173 Å². The van der Waals surface area contributed by atoms with Crippen LogP contribution >= 0.6 is 7.82 Å². The summed E-state index contributed by atoms with van der Waals surface area (Å²) in [6, 6.07) is -0.865. The molecule has 3 unspecified atom stereocenters. The minimum Gasteiger partial charge on any atom is -0.387 e. The summed E-state index contributed by atoms with van der Waals surface area (Å²) in [5, 5.41) is 13.7. The Labute approximate surface area is 378 Å². The molecule has 0 saturated heterocycles. The third-order valence-electron chi connectivity index (χ3n) is 11.7. The Hall–Kier alpha value is -1.28. The predicted octanol–water partition coefficient (Wildman–Crippen LogP) is 15.0. The van der Waals surface area contributed by atoms with E-state index in [0.717, 1.165) is 44.9 Å². The smallest absolute Gasteiger partial charge is 0.387 e. The predicted molar refractivity (Wildman–Crippen MR) is 263 cm³/mol. The van der Waals surface area contributed by atoms with Crippen LogP contribution in [-0.2, 0) is 18.4 Å². The van der Waals surface area contributed by atoms with Crippen LogP contribution in [0.1, 0.15) is 239 Å². The van der Waals surface area contributed by atoms with Crippen LogP contribution in [-0.4, -0.2) is 73.4 Å². The van der Waals surface area contributed by atoms with Crippen LogP contribution in [0, 0.1) is 0 Å². The highest BCUT2D eigenvalue weighted by Gasteiger charge is 2.27. The van der Waals surface area contributed by atoms with Crippen LogP contribution in [0.25, 0.3) is 0 Å². The number of hydrogen-bond acceptors (Lipinski definition) is 5. The highest BCUT2D eigenvalue weighted by atomic mass is 31.2. The molecule has 9 heteroatoms. The zero-order valence-electron chi connectivity index (χ0n) is 40.9. The van der Waals surface area contributed by atoms with Gasteiger partial charge in [-0.2, -0.15) is 0 Å². The second-order valence-electron chi connectivity index (χ2n) is 18.9. The minimum atomic E-state index is -4.34. The van der Waals surface area contributed by atoms with Crippen molar-refractivity contribution in [1.82, 2.24) is 5.32 Å². The third kappa shape index (κ3) is 46.5. The number of hydrogen-bond donors (Lipinski definition) is 3. The average molecular weight is 882 g/mol. The fourth-order valence-electron chi connectivity index (χ4n) is 7.61. The quantitative estimate of drug-likeness (QED) is 0.0243. The number of quaternary nitrogens is 1. The number of amides is 1. The number of carbonyl (C=O) groups excluding carboxylic acids is 1. The number of phosphoric ester groups is 1. The molecule has 0 radical (unpaired) electrons. The molecule has 0 bridgehead atoms. The maximum atomic E-state index is 12.9. The van der Waals surface area contributed by atoms with Crippen molar-refractivity contribution in [3.05, 3.63) is 36.5 Å². The minimum absolute atomic E-state index is 0.0543. The van der Waals surface area contributed by atoms with Gasteiger partial charge in [0.1, 0.15) is 13.2 Å². The highest BCUT2D eigenvalue weighted by molar-refractivity contribution is 7.47. The van der Waals surface area contributed by atoms with Crippen LogP contribution in [0.5, 0.6) is 0 Å². The lowest BCUT2D eigenvalue weighted by molar-refractivity contribution is -0.870. The number of likely N-dealkylation sites (N-methyl/N-ethyl adjacent to an activating group) is 1. The van der Waals surface area contributed by atoms with Crippen LogP contribution < -0.4 is 5.32 Å². The molecule has 1 amide bonds. The molecule has 0 aliphatic carbocycles. The lowest BCUT2D eigenvalue weighted by Gasteiger charge is -2.25. The third-order valence-corrected chi connectivity index (χ3v) is 12.7. The van der Waals surface area contributed by atoms with Crippen LogP contribution in [0.15, 0.2) is 36.5 Å². The van der Waals surface area contributed by atoms with Gasteiger partial charge in [0, 0.05) is 6.42 Å². The Morgan fingerprint density at radius 3 is 1.31 bits per heavy atom. The highest BCUT2D eigenvalue weighted by Crippen LogP contribution is 2.43. The Bertz CT molecular complexity index is 1090. The second kappa shape index (κ2) is 43.9. The molecule has 0 saturated carbocycles. The van der Waals surface area contributed by atoms with E-state index in [-0.39, 0.29) is 19.1 Å². The Balaban J connectivity index is 3.96. The Morgan fingerprint density at radius 2 is 0.934 bits per heavy atom. The Kier molecular flexibility index (Phi) is 43.0. The van der Waals surface area contributed by atoms with E-state index in [1.54, 1.807) is 6.08 Å². The first-order chi connectivity index (χ1) is 29.5. The van der Waals surface area contributed by atoms with Crippen molar-refractivity contribution < 1.29 is 32.9 Å². The lowest BCUT2D eigenvalue weighted by atomic mass is 10.0. The largest absolute Gasteiger partial charge is 0.472 e. The van der Waals surface area contributed by atoms with E-state index >= 15 is 0 Å². The van der Waals surface area contributed by atoms with E-state index in [0.29, 0.717) is 17.4 Å². The number of nitrogens with zero attached hydrogens (tertiary/aromatic N) is 1. The first-order valence-electron chi connectivity index (χ1n) is 25.8. The molecule has 0 aromatic rings. The van der Waals surface area contributed by atoms with E-state index in [4.69, 9.17) is 9.05 Å². The lowest BCUT2D eigenvalue weighted by Crippen LogP contribution is -2.45. The number of aliphatic hydroxyl groups is 1. The molecule has 0 aliphatic heterocycles. The van der Waals surface area contributed by atoms with E-state index in [9.17, 15) is 19.4 Å². The van der Waals surface area contributed by atoms with Crippen molar-refractivity contribution in [2.75, 3.05) is 40.9 Å². The molecular weight excluding hydrogens is 780 g/mol. The number of carbonyl (C=O) groups is 1. The standard InChI is InChI=1S/C52H101N2O6P/c1-6-8-10-12-14-16-17-18-19-20-21-22-23-24-25-26-27-28-29-30-31-32-33-34-35-36-38-40-42-44-46-52(56)53-50(49-60-61(57,58)59-48-47-54(3,4)5)51(55)45-43-41-39-37-15-13-11-9-7-2/h7,9,15,37,43,45,50-51,55H,6,8,10-14,16-36,38-42,44,46-49H2,1-5H3,(H-,53,56,57,58)/p+1/b9-7+,37-15+,45-43+. The fourth-order valence-corrected chi connectivity index (χ4v) is 8.35. The fraction of sp³-hybridized carbons (Fsp3) is 0.865. The van der Waals surface area contributed by atoms with Crippen LogP contribution in [0.4, 0.5) is 0 Å². The van der Waals surface area contributed by atoms with Gasteiger partial charge < -0.3 is 19.8 Å². The van der Waals surface area contributed by atoms with Crippen molar-refractivity contribution >= 4 is 13.7 Å². The number of nitrogens with one attached hydrogen (secondary N) is 1. The van der Waals surface area contributed by atoms with Crippen LogP contribution in [0.2, 0.25) is 0 Å². The summed E-state index contributed by atoms with van der Waals surface area (Å²) in [5.74, 6) is -0.191. The molecule has 0 fully saturated rings. The summed E-state index contributed by atoms with van der Waals surface area (Å²) >= 11 is 0. The molecule has 3 atom stereocenters. The molecular formula is C52H102N2O6P+. The van der Waals surface area contributed by atoms with Crippen LogP contribution in [0.3, 0.4) is 0 Å². The molecule has 0 aliphatic rings. The summed E-state index contributed by atoms with van der Waals surface area (Å²) in [7, 11) is 1.55. The van der Waals surface area contributed by atoms with Gasteiger partial charge in [0.15, 0.2) is 0 Å². The molecule has 0 rings (SSSR count). The van der Waals surface area contributed by atoms with Gasteiger partial charge in [-0.3, -0.25) is 13.8 Å². The molecule has 0 aromatic carbocycles. The summed E-state index contributed by atoms with van der Waals surface area (Å²) < 4.78 is 23.5. The van der Waals surface area contributed by atoms with Gasteiger partial charge in [0.2, 0.25) is 5.91 Å². The van der Waals surface area contributed by atoms with Crippen molar-refractivity contribution in [3.63, 3.8) is 0 Å². The SMILES string of the molecule is C/C=C/CC/C=C/CC/C=C/C(O)C(COP(=O)(O)OCC[N+](C)(C)C)NC(=O)CCCCCCCCCCCCCCCCCCCCCCCCCCCCCCCC. The number of unbranched alkanes of at least 4 members (excludes halogenated alkanes) is 31. The van der Waals surface area contributed by atoms with Gasteiger partial charge in [0.25, 0.3) is 0 Å². The van der Waals surface area contributed by atoms with Crippen molar-refractivity contribution in [3.8, 4) is 0 Å². The number of phosphoric acid groups is 1. The zero-order chi connectivity index (χ0) is 45.0. The van der Waals surface area contributed by atoms with Crippen molar-refractivity contribution in [2.45, 2.75) is 251 Å². The number of rotatable bonds is 47. The first kappa shape index (κ1) is 59.7. The zero-order valence-corrected chi connectivity index (χ0v) is 41.8. The van der Waals surface area contributed by atoms with Gasteiger partial charge in [-0.05, 0) is 39.0 Å². The summed E-state index contributed by atoms with van der Waals surface area (Å²) in [6.07, 6.45) is 55.7. The molecule has 0 heterocycles. The van der Waals surface area contributed by atoms with Gasteiger partial charge in [-0.15, -0.1) is 0 Å². The summed E-state index contributed by atoms with van der Waals surface area (Å²) in [6.45, 7) is 4.57. The van der Waals surface area contributed by atoms with Crippen molar-refractivity contribution in [2.24, 2.45) is 0 Å². The summed E-state index contributed by atoms with van der Waals surface area (Å²) in [4.78, 5) is 23.1. The molecule has 8 nitrogen and oxygen atoms in total. The number of aliphatic hydroxyl groups excluding tert-OH is 1. The van der Waals surface area contributed by atoms with Gasteiger partial charge >= 0.3 is 7.82 Å². The van der Waals surface area contributed by atoms with Crippen molar-refractivity contribution in [1.29, 1.82) is 0 Å². The van der Waals surface area contributed by atoms with E-state index < -0.39 is 20.0 Å². The molecule has 61 heavy (non-hydrogen) atoms. The molecule has 360 valence electrons. The summed E-state index contributed by atoms with van der Waals surface area (Å²) in [5.41, 5.74) is 0. The maximum absolute atomic E-state index is 12.9. The number of allylic oxidation sites excluding steroid dienone is 5. The van der Waals surface area contributed by atoms with E-state index in [2.05, 4.69) is 36.5 Å².